The number of para-hydroxylation sites is 1. The van der Waals surface area contributed by atoms with Crippen LogP contribution in [0.3, 0.4) is 0 Å². The van der Waals surface area contributed by atoms with Crippen LogP contribution in [0.4, 0.5) is 11.4 Å². The summed E-state index contributed by atoms with van der Waals surface area (Å²) < 4.78 is 0. The molecule has 2 aliphatic rings. The van der Waals surface area contributed by atoms with Gasteiger partial charge in [0.1, 0.15) is 0 Å². The maximum Gasteiger partial charge on any atom is 0.0657 e. The lowest BCUT2D eigenvalue weighted by Crippen LogP contribution is -2.15. The number of aromatic nitrogens is 1. The van der Waals surface area contributed by atoms with Crippen molar-refractivity contribution in [3.63, 3.8) is 0 Å². The fraction of sp³-hybridized carbons (Fsp3) is 0.241. The fourth-order valence-corrected chi connectivity index (χ4v) is 9.54. The summed E-state index contributed by atoms with van der Waals surface area (Å²) in [5, 5.41) is 7.82. The van der Waals surface area contributed by atoms with Gasteiger partial charge in [0, 0.05) is 16.9 Å². The van der Waals surface area contributed by atoms with Gasteiger partial charge < -0.3 is 10.6 Å². The van der Waals surface area contributed by atoms with Crippen LogP contribution in [0.25, 0.3) is 44.5 Å². The molecule has 6 aromatic carbocycles. The molecular formula is C54H53N3. The van der Waals surface area contributed by atoms with Crippen molar-refractivity contribution < 1.29 is 0 Å². The molecular weight excluding hydrogens is 691 g/mol. The molecule has 0 fully saturated rings. The third-order valence-electron chi connectivity index (χ3n) is 12.5. The van der Waals surface area contributed by atoms with Gasteiger partial charge in [-0.2, -0.15) is 0 Å². The first-order chi connectivity index (χ1) is 27.8. The average molecular weight is 744 g/mol. The zero-order valence-corrected chi connectivity index (χ0v) is 34.0. The largest absolute Gasteiger partial charge is 0.377 e. The average Bonchev–Trinajstić information content (AvgIpc) is 3.55. The van der Waals surface area contributed by atoms with E-state index in [0.717, 1.165) is 49.2 Å². The Balaban J connectivity index is 1.18. The minimum Gasteiger partial charge on any atom is -0.377 e. The number of rotatable bonds is 8. The van der Waals surface area contributed by atoms with E-state index >= 15 is 0 Å². The maximum atomic E-state index is 5.29. The van der Waals surface area contributed by atoms with Crippen molar-refractivity contribution in [1.82, 2.24) is 4.98 Å². The Kier molecular flexibility index (Phi) is 10.0. The number of benzene rings is 6. The quantitative estimate of drug-likeness (QED) is 0.163. The van der Waals surface area contributed by atoms with Crippen molar-refractivity contribution in [3.8, 4) is 44.5 Å². The molecule has 9 rings (SSSR count). The first-order valence-electron chi connectivity index (χ1n) is 21.0. The smallest absolute Gasteiger partial charge is 0.0657 e. The topological polar surface area (TPSA) is 37.0 Å². The van der Waals surface area contributed by atoms with E-state index < -0.39 is 0 Å². The lowest BCUT2D eigenvalue weighted by molar-refractivity contribution is 0.779. The molecule has 7 aromatic rings. The van der Waals surface area contributed by atoms with Gasteiger partial charge in [-0.05, 0) is 175 Å². The molecule has 284 valence electrons. The maximum absolute atomic E-state index is 5.29. The van der Waals surface area contributed by atoms with Gasteiger partial charge in [-0.3, -0.25) is 4.98 Å². The molecule has 1 heterocycles. The van der Waals surface area contributed by atoms with Crippen LogP contribution in [0.1, 0.15) is 89.1 Å². The molecule has 0 spiro atoms. The Hall–Kier alpha value is -5.93. The van der Waals surface area contributed by atoms with E-state index in [1.165, 1.54) is 95.6 Å². The number of pyridine rings is 1. The zero-order valence-electron chi connectivity index (χ0n) is 34.0. The van der Waals surface area contributed by atoms with Crippen LogP contribution >= 0.6 is 0 Å². The van der Waals surface area contributed by atoms with Gasteiger partial charge in [0.25, 0.3) is 0 Å². The van der Waals surface area contributed by atoms with Gasteiger partial charge in [-0.25, -0.2) is 0 Å². The van der Waals surface area contributed by atoms with Gasteiger partial charge in [-0.1, -0.05) is 109 Å². The van der Waals surface area contributed by atoms with E-state index in [0.29, 0.717) is 0 Å². The summed E-state index contributed by atoms with van der Waals surface area (Å²) in [6, 6.07) is 49.9. The lowest BCUT2D eigenvalue weighted by atomic mass is 9.84. The molecule has 0 bridgehead atoms. The van der Waals surface area contributed by atoms with E-state index in [1.807, 2.05) is 0 Å². The number of hydrogen-bond acceptors (Lipinski definition) is 3. The number of fused-ring (bicyclic) bond motifs is 6. The molecule has 0 radical (unpaired) electrons. The second-order valence-electron chi connectivity index (χ2n) is 16.4. The van der Waals surface area contributed by atoms with Gasteiger partial charge >= 0.3 is 0 Å². The molecule has 2 atom stereocenters. The van der Waals surface area contributed by atoms with E-state index in [2.05, 4.69) is 179 Å². The summed E-state index contributed by atoms with van der Waals surface area (Å²) in [4.78, 5) is 5.29. The zero-order chi connectivity index (χ0) is 39.0. The summed E-state index contributed by atoms with van der Waals surface area (Å²) in [7, 11) is 0. The van der Waals surface area contributed by atoms with Crippen molar-refractivity contribution in [3.05, 3.63) is 184 Å². The second kappa shape index (κ2) is 15.5. The Labute approximate surface area is 339 Å². The third kappa shape index (κ3) is 7.05. The molecule has 3 nitrogen and oxygen atoms in total. The highest BCUT2D eigenvalue weighted by Gasteiger charge is 2.25. The van der Waals surface area contributed by atoms with Crippen molar-refractivity contribution >= 4 is 11.4 Å². The standard InChI is InChI=1S/C54H53N3/c1-34-16-10-17-35(2)53(34)55-37(4)49-30-15-31-50(57-49)38(5)56-54-36(3)32-43(46-28-13-24-41-22-11-20-39-18-6-8-26-44(39)51(41)46)33-48(54)47-29-14-25-42-23-12-21-40-19-7-9-27-45(40)52(42)47/h6-10,13-19,24-33,37-38,55-56H,11-12,20-23H2,1-5H3. The molecule has 3 heteroatoms. The minimum atomic E-state index is -0.0323. The highest BCUT2D eigenvalue weighted by Crippen LogP contribution is 2.47. The van der Waals surface area contributed by atoms with Crippen LogP contribution in [-0.4, -0.2) is 4.98 Å². The number of nitrogens with one attached hydrogen (secondary N) is 2. The Morgan fingerprint density at radius 1 is 0.421 bits per heavy atom. The van der Waals surface area contributed by atoms with Crippen molar-refractivity contribution in [2.45, 2.75) is 85.2 Å². The summed E-state index contributed by atoms with van der Waals surface area (Å²) in [6.45, 7) is 11.1. The summed E-state index contributed by atoms with van der Waals surface area (Å²) in [5.41, 5.74) is 24.5. The van der Waals surface area contributed by atoms with Crippen molar-refractivity contribution in [1.29, 1.82) is 0 Å². The molecule has 2 unspecified atom stereocenters. The molecule has 0 amide bonds. The molecule has 0 saturated carbocycles. The summed E-state index contributed by atoms with van der Waals surface area (Å²) in [5.74, 6) is 0. The predicted octanol–water partition coefficient (Wildman–Crippen LogP) is 14.0. The highest BCUT2D eigenvalue weighted by molar-refractivity contribution is 5.97. The fourth-order valence-electron chi connectivity index (χ4n) is 9.54. The summed E-state index contributed by atoms with van der Waals surface area (Å²) in [6.07, 6.45) is 6.70. The number of anilines is 2. The van der Waals surface area contributed by atoms with Gasteiger partial charge in [0.05, 0.1) is 23.5 Å². The Morgan fingerprint density at radius 2 is 0.877 bits per heavy atom. The Morgan fingerprint density at radius 3 is 1.49 bits per heavy atom. The lowest BCUT2D eigenvalue weighted by Gasteiger charge is -2.25. The number of hydrogen-bond donors (Lipinski definition) is 2. The van der Waals surface area contributed by atoms with Crippen LogP contribution in [0, 0.1) is 20.8 Å². The van der Waals surface area contributed by atoms with E-state index in [4.69, 9.17) is 4.98 Å². The van der Waals surface area contributed by atoms with Crippen LogP contribution in [0.5, 0.6) is 0 Å². The first-order valence-corrected chi connectivity index (χ1v) is 21.0. The number of aryl methyl sites for hydroxylation is 7. The van der Waals surface area contributed by atoms with E-state index in [9.17, 15) is 0 Å². The number of nitrogens with zero attached hydrogens (tertiary/aromatic N) is 1. The SMILES string of the molecule is Cc1cccc(C)c1NC(C)c1cccc(C(C)Nc2c(C)cc(-c3cccc4c3-c3ccccc3CCC4)cc2-c2cccc3c2-c2ccccc2CCC3)n1. The monoisotopic (exact) mass is 743 g/mol. The first kappa shape index (κ1) is 36.7. The molecule has 1 aromatic heterocycles. The van der Waals surface area contributed by atoms with Gasteiger partial charge in [0.15, 0.2) is 0 Å². The van der Waals surface area contributed by atoms with E-state index in [1.54, 1.807) is 0 Å². The van der Waals surface area contributed by atoms with Crippen molar-refractivity contribution in [2.24, 2.45) is 0 Å². The molecule has 0 saturated heterocycles. The van der Waals surface area contributed by atoms with Crippen molar-refractivity contribution in [2.75, 3.05) is 10.6 Å². The second-order valence-corrected chi connectivity index (χ2v) is 16.4. The minimum absolute atomic E-state index is 0.0323. The van der Waals surface area contributed by atoms with Crippen LogP contribution in [-0.2, 0) is 25.7 Å². The predicted molar refractivity (Wildman–Crippen MR) is 241 cm³/mol. The molecule has 2 aliphatic carbocycles. The molecule has 2 N–H and O–H groups in total. The van der Waals surface area contributed by atoms with Gasteiger partial charge in [0.2, 0.25) is 0 Å². The molecule has 0 aliphatic heterocycles. The molecule has 57 heavy (non-hydrogen) atoms. The van der Waals surface area contributed by atoms with Gasteiger partial charge in [-0.15, -0.1) is 0 Å². The van der Waals surface area contributed by atoms with E-state index in [-0.39, 0.29) is 12.1 Å². The normalized spacial score (nSPS) is 14.2. The highest BCUT2D eigenvalue weighted by atomic mass is 15.0. The Bertz CT molecular complexity index is 2590. The summed E-state index contributed by atoms with van der Waals surface area (Å²) >= 11 is 0. The van der Waals surface area contributed by atoms with Crippen LogP contribution in [0.15, 0.2) is 133 Å². The third-order valence-corrected chi connectivity index (χ3v) is 12.5. The van der Waals surface area contributed by atoms with Crippen LogP contribution in [0.2, 0.25) is 0 Å². The van der Waals surface area contributed by atoms with Crippen LogP contribution < -0.4 is 10.6 Å².